The van der Waals surface area contributed by atoms with Crippen LogP contribution < -0.4 is 5.32 Å². The summed E-state index contributed by atoms with van der Waals surface area (Å²) in [5, 5.41) is 3.43. The average Bonchev–Trinajstić information content (AvgIpc) is 2.44. The second-order valence-corrected chi connectivity index (χ2v) is 7.55. The summed E-state index contributed by atoms with van der Waals surface area (Å²) in [4.78, 5) is 16.1. The number of ether oxygens (including phenoxy) is 2. The van der Waals surface area contributed by atoms with E-state index in [0.717, 1.165) is 58.8 Å². The second kappa shape index (κ2) is 10.1. The van der Waals surface area contributed by atoms with Gasteiger partial charge in [0.05, 0.1) is 13.2 Å². The summed E-state index contributed by atoms with van der Waals surface area (Å²) >= 11 is 0. The van der Waals surface area contributed by atoms with Gasteiger partial charge in [-0.1, -0.05) is 0 Å². The van der Waals surface area contributed by atoms with Crippen molar-refractivity contribution in [2.75, 3.05) is 60.0 Å². The summed E-state index contributed by atoms with van der Waals surface area (Å²) in [6.45, 7) is 11.5. The molecule has 1 aliphatic heterocycles. The van der Waals surface area contributed by atoms with E-state index in [0.29, 0.717) is 5.92 Å². The van der Waals surface area contributed by atoms with Gasteiger partial charge in [-0.15, -0.1) is 0 Å². The molecular formula is C17H35N3O3. The molecule has 0 aromatic rings. The van der Waals surface area contributed by atoms with Crippen molar-refractivity contribution in [3.63, 3.8) is 0 Å². The van der Waals surface area contributed by atoms with Crippen molar-refractivity contribution in [3.8, 4) is 0 Å². The fraction of sp³-hybridized carbons (Fsp3) is 0.941. The highest BCUT2D eigenvalue weighted by Crippen LogP contribution is 2.18. The highest BCUT2D eigenvalue weighted by Gasteiger charge is 2.27. The highest BCUT2D eigenvalue weighted by molar-refractivity contribution is 5.68. The van der Waals surface area contributed by atoms with Crippen LogP contribution in [0.2, 0.25) is 0 Å². The van der Waals surface area contributed by atoms with Crippen molar-refractivity contribution in [2.24, 2.45) is 5.92 Å². The number of amides is 1. The van der Waals surface area contributed by atoms with Crippen LogP contribution in [0.25, 0.3) is 0 Å². The molecule has 0 bridgehead atoms. The van der Waals surface area contributed by atoms with Crippen molar-refractivity contribution < 1.29 is 14.3 Å². The highest BCUT2D eigenvalue weighted by atomic mass is 16.6. The molecule has 0 radical (unpaired) electrons. The van der Waals surface area contributed by atoms with Crippen molar-refractivity contribution in [2.45, 2.75) is 39.2 Å². The van der Waals surface area contributed by atoms with Gasteiger partial charge in [-0.05, 0) is 60.2 Å². The monoisotopic (exact) mass is 329 g/mol. The molecule has 1 unspecified atom stereocenters. The topological polar surface area (TPSA) is 54.0 Å². The Morgan fingerprint density at radius 3 is 2.70 bits per heavy atom. The summed E-state index contributed by atoms with van der Waals surface area (Å²) in [5.74, 6) is 0.498. The van der Waals surface area contributed by atoms with Crippen LogP contribution >= 0.6 is 0 Å². The Morgan fingerprint density at radius 2 is 2.04 bits per heavy atom. The predicted octanol–water partition coefficient (Wildman–Crippen LogP) is 1.80. The summed E-state index contributed by atoms with van der Waals surface area (Å²) in [5.41, 5.74) is -0.424. The van der Waals surface area contributed by atoms with Crippen molar-refractivity contribution >= 4 is 6.09 Å². The Bertz CT molecular complexity index is 342. The van der Waals surface area contributed by atoms with E-state index in [9.17, 15) is 4.79 Å². The first-order valence-corrected chi connectivity index (χ1v) is 8.69. The van der Waals surface area contributed by atoms with E-state index in [4.69, 9.17) is 9.47 Å². The zero-order chi connectivity index (χ0) is 17.3. The van der Waals surface area contributed by atoms with Gasteiger partial charge in [0.15, 0.2) is 0 Å². The van der Waals surface area contributed by atoms with E-state index in [1.54, 1.807) is 0 Å². The number of carbonyl (C=O) groups is 1. The Balaban J connectivity index is 2.14. The Hall–Kier alpha value is -0.850. The lowest BCUT2D eigenvalue weighted by molar-refractivity contribution is 0.0165. The van der Waals surface area contributed by atoms with Gasteiger partial charge in [-0.25, -0.2) is 4.79 Å². The van der Waals surface area contributed by atoms with Crippen LogP contribution in [-0.2, 0) is 9.47 Å². The number of hydrogen-bond donors (Lipinski definition) is 1. The fourth-order valence-corrected chi connectivity index (χ4v) is 2.52. The van der Waals surface area contributed by atoms with Gasteiger partial charge in [0.2, 0.25) is 0 Å². The number of likely N-dealkylation sites (tertiary alicyclic amines) is 1. The normalized spacial score (nSPS) is 19.2. The summed E-state index contributed by atoms with van der Waals surface area (Å²) < 4.78 is 11.0. The Labute approximate surface area is 141 Å². The molecule has 1 rings (SSSR count). The zero-order valence-electron chi connectivity index (χ0n) is 15.6. The molecule has 1 heterocycles. The van der Waals surface area contributed by atoms with E-state index in [-0.39, 0.29) is 6.09 Å². The maximum atomic E-state index is 12.1. The quantitative estimate of drug-likeness (QED) is 0.688. The number of carbonyl (C=O) groups excluding carboxylic acids is 1. The molecule has 1 aliphatic rings. The molecule has 1 N–H and O–H groups in total. The molecule has 0 aromatic heterocycles. The molecule has 6 nitrogen and oxygen atoms in total. The van der Waals surface area contributed by atoms with Gasteiger partial charge in [0.1, 0.15) is 5.60 Å². The van der Waals surface area contributed by atoms with Crippen LogP contribution in [0.15, 0.2) is 0 Å². The zero-order valence-corrected chi connectivity index (χ0v) is 15.6. The van der Waals surface area contributed by atoms with Gasteiger partial charge in [0, 0.05) is 26.2 Å². The molecular weight excluding hydrogens is 294 g/mol. The lowest BCUT2D eigenvalue weighted by Gasteiger charge is -2.34. The van der Waals surface area contributed by atoms with Crippen LogP contribution in [0, 0.1) is 5.92 Å². The van der Waals surface area contributed by atoms with Crippen molar-refractivity contribution in [1.82, 2.24) is 15.1 Å². The maximum Gasteiger partial charge on any atom is 0.410 e. The largest absolute Gasteiger partial charge is 0.444 e. The molecule has 1 fully saturated rings. The molecule has 1 atom stereocenters. The Morgan fingerprint density at radius 1 is 1.30 bits per heavy atom. The third-order valence-corrected chi connectivity index (χ3v) is 3.71. The number of piperidine rings is 1. The van der Waals surface area contributed by atoms with Gasteiger partial charge in [0.25, 0.3) is 0 Å². The summed E-state index contributed by atoms with van der Waals surface area (Å²) in [6, 6.07) is 0. The SMILES string of the molecule is CN(C)CCOCCNCC1CCCN(C(=O)OC(C)(C)C)C1. The molecule has 0 aliphatic carbocycles. The standard InChI is InChI=1S/C17H35N3O3/c1-17(2,3)23-16(21)20-9-6-7-15(14-20)13-18-8-11-22-12-10-19(4)5/h15,18H,6-14H2,1-5H3. The molecule has 0 saturated carbocycles. The first-order valence-electron chi connectivity index (χ1n) is 8.69. The molecule has 0 spiro atoms. The van der Waals surface area contributed by atoms with Gasteiger partial charge < -0.3 is 24.6 Å². The smallest absolute Gasteiger partial charge is 0.410 e. The second-order valence-electron chi connectivity index (χ2n) is 7.55. The first-order chi connectivity index (χ1) is 10.8. The summed E-state index contributed by atoms with van der Waals surface area (Å²) in [6.07, 6.45) is 2.02. The summed E-state index contributed by atoms with van der Waals surface area (Å²) in [7, 11) is 4.09. The van der Waals surface area contributed by atoms with Crippen LogP contribution in [0.5, 0.6) is 0 Å². The minimum Gasteiger partial charge on any atom is -0.444 e. The van der Waals surface area contributed by atoms with Crippen LogP contribution in [0.4, 0.5) is 4.79 Å². The van der Waals surface area contributed by atoms with Crippen LogP contribution in [-0.4, -0.2) is 81.5 Å². The minimum absolute atomic E-state index is 0.186. The number of likely N-dealkylation sites (N-methyl/N-ethyl adjacent to an activating group) is 1. The molecule has 136 valence electrons. The van der Waals surface area contributed by atoms with Crippen molar-refractivity contribution in [3.05, 3.63) is 0 Å². The van der Waals surface area contributed by atoms with E-state index in [1.165, 1.54) is 0 Å². The lowest BCUT2D eigenvalue weighted by Crippen LogP contribution is -2.45. The number of nitrogens with zero attached hydrogens (tertiary/aromatic N) is 2. The molecule has 0 aromatic carbocycles. The fourth-order valence-electron chi connectivity index (χ4n) is 2.52. The van der Waals surface area contributed by atoms with E-state index < -0.39 is 5.60 Å². The molecule has 1 saturated heterocycles. The van der Waals surface area contributed by atoms with E-state index in [1.807, 2.05) is 39.8 Å². The Kier molecular flexibility index (Phi) is 8.87. The number of rotatable bonds is 8. The predicted molar refractivity (Wildman–Crippen MR) is 92.8 cm³/mol. The van der Waals surface area contributed by atoms with Crippen molar-refractivity contribution in [1.29, 1.82) is 0 Å². The van der Waals surface area contributed by atoms with Gasteiger partial charge >= 0.3 is 6.09 Å². The molecule has 1 amide bonds. The lowest BCUT2D eigenvalue weighted by atomic mass is 9.98. The third-order valence-electron chi connectivity index (χ3n) is 3.71. The van der Waals surface area contributed by atoms with Crippen LogP contribution in [0.1, 0.15) is 33.6 Å². The van der Waals surface area contributed by atoms with E-state index >= 15 is 0 Å². The van der Waals surface area contributed by atoms with E-state index in [2.05, 4.69) is 10.2 Å². The van der Waals surface area contributed by atoms with Crippen LogP contribution in [0.3, 0.4) is 0 Å². The van der Waals surface area contributed by atoms with Gasteiger partial charge in [-0.2, -0.15) is 0 Å². The molecule has 23 heavy (non-hydrogen) atoms. The minimum atomic E-state index is -0.424. The third kappa shape index (κ3) is 9.79. The van der Waals surface area contributed by atoms with Gasteiger partial charge in [-0.3, -0.25) is 0 Å². The molecule has 6 heteroatoms. The number of nitrogens with one attached hydrogen (secondary N) is 1. The maximum absolute atomic E-state index is 12.1. The first kappa shape index (κ1) is 20.2. The average molecular weight is 329 g/mol. The number of hydrogen-bond acceptors (Lipinski definition) is 5.